The normalized spacial score (nSPS) is 10.5. The maximum Gasteiger partial charge on any atom is 0.193 e. The van der Waals surface area contributed by atoms with Crippen LogP contribution in [-0.2, 0) is 12.8 Å². The van der Waals surface area contributed by atoms with Gasteiger partial charge in [0.15, 0.2) is 5.78 Å². The molecule has 2 aromatic rings. The van der Waals surface area contributed by atoms with Crippen molar-refractivity contribution in [1.29, 1.82) is 0 Å². The van der Waals surface area contributed by atoms with Crippen LogP contribution >= 0.6 is 0 Å². The molecule has 0 radical (unpaired) electrons. The summed E-state index contributed by atoms with van der Waals surface area (Å²) in [5.41, 5.74) is 5.14. The molecule has 0 spiro atoms. The average molecular weight is 252 g/mol. The van der Waals surface area contributed by atoms with E-state index in [1.54, 1.807) is 0 Å². The summed E-state index contributed by atoms with van der Waals surface area (Å²) in [5.74, 6) is 0.132. The van der Waals surface area contributed by atoms with Crippen molar-refractivity contribution in [3.05, 3.63) is 70.3 Å². The Morgan fingerprint density at radius 2 is 1.63 bits per heavy atom. The fraction of sp³-hybridized carbons (Fsp3) is 0.278. The number of carbonyl (C=O) groups excluding carboxylic acids is 1. The Balaban J connectivity index is 2.44. The van der Waals surface area contributed by atoms with Crippen molar-refractivity contribution in [2.24, 2.45) is 0 Å². The van der Waals surface area contributed by atoms with Crippen LogP contribution in [0.1, 0.15) is 46.5 Å². The van der Waals surface area contributed by atoms with Crippen molar-refractivity contribution in [3.8, 4) is 0 Å². The first-order chi connectivity index (χ1) is 9.15. The van der Waals surface area contributed by atoms with Gasteiger partial charge in [0.2, 0.25) is 0 Å². The average Bonchev–Trinajstić information content (AvgIpc) is 2.46. The molecule has 2 rings (SSSR count). The molecule has 1 heteroatoms. The van der Waals surface area contributed by atoms with Gasteiger partial charge in [0.05, 0.1) is 0 Å². The standard InChI is InChI=1S/C18H20O/c1-4-14-8-11-15(5-2)17(12-14)18(19)16-9-6-13(3)7-10-16/h6-12H,4-5H2,1-3H3. The SMILES string of the molecule is CCc1ccc(CC)c(C(=O)c2ccc(C)cc2)c1. The van der Waals surface area contributed by atoms with Crippen LogP contribution in [0.15, 0.2) is 42.5 Å². The van der Waals surface area contributed by atoms with Crippen LogP contribution in [0.4, 0.5) is 0 Å². The number of hydrogen-bond acceptors (Lipinski definition) is 1. The van der Waals surface area contributed by atoms with E-state index in [-0.39, 0.29) is 5.78 Å². The van der Waals surface area contributed by atoms with Crippen molar-refractivity contribution in [2.75, 3.05) is 0 Å². The molecule has 2 aromatic carbocycles. The summed E-state index contributed by atoms with van der Waals surface area (Å²) >= 11 is 0. The lowest BCUT2D eigenvalue weighted by molar-refractivity contribution is 0.103. The van der Waals surface area contributed by atoms with Crippen molar-refractivity contribution >= 4 is 5.78 Å². The van der Waals surface area contributed by atoms with Gasteiger partial charge in [0.1, 0.15) is 0 Å². The third-order valence-electron chi connectivity index (χ3n) is 3.52. The molecular weight excluding hydrogens is 232 g/mol. The molecule has 0 aliphatic heterocycles. The molecule has 0 aromatic heterocycles. The molecule has 98 valence electrons. The van der Waals surface area contributed by atoms with Gasteiger partial charge in [0, 0.05) is 11.1 Å². The van der Waals surface area contributed by atoms with Crippen LogP contribution in [-0.4, -0.2) is 5.78 Å². The Morgan fingerprint density at radius 1 is 0.947 bits per heavy atom. The van der Waals surface area contributed by atoms with Gasteiger partial charge < -0.3 is 0 Å². The lowest BCUT2D eigenvalue weighted by atomic mass is 9.94. The second-order valence-corrected chi connectivity index (χ2v) is 4.89. The predicted molar refractivity (Wildman–Crippen MR) is 79.8 cm³/mol. The van der Waals surface area contributed by atoms with Crippen LogP contribution < -0.4 is 0 Å². The summed E-state index contributed by atoms with van der Waals surface area (Å²) in [6.07, 6.45) is 1.84. The molecule has 0 heterocycles. The zero-order valence-electron chi connectivity index (χ0n) is 11.9. The molecule has 0 N–H and O–H groups in total. The second-order valence-electron chi connectivity index (χ2n) is 4.89. The first-order valence-corrected chi connectivity index (χ1v) is 6.88. The van der Waals surface area contributed by atoms with Crippen LogP contribution in [0.25, 0.3) is 0 Å². The summed E-state index contributed by atoms with van der Waals surface area (Å²) in [7, 11) is 0. The molecule has 0 saturated carbocycles. The molecule has 19 heavy (non-hydrogen) atoms. The monoisotopic (exact) mass is 252 g/mol. The van der Waals surface area contributed by atoms with Gasteiger partial charge in [0.25, 0.3) is 0 Å². The predicted octanol–water partition coefficient (Wildman–Crippen LogP) is 4.35. The first-order valence-electron chi connectivity index (χ1n) is 6.88. The van der Waals surface area contributed by atoms with Crippen LogP contribution in [0.2, 0.25) is 0 Å². The Morgan fingerprint density at radius 3 is 2.21 bits per heavy atom. The van der Waals surface area contributed by atoms with E-state index in [4.69, 9.17) is 0 Å². The van der Waals surface area contributed by atoms with E-state index < -0.39 is 0 Å². The lowest BCUT2D eigenvalue weighted by Gasteiger charge is -2.09. The molecule has 0 aliphatic rings. The molecule has 0 atom stereocenters. The fourth-order valence-corrected chi connectivity index (χ4v) is 2.22. The van der Waals surface area contributed by atoms with E-state index in [0.29, 0.717) is 0 Å². The molecule has 0 amide bonds. The lowest BCUT2D eigenvalue weighted by Crippen LogP contribution is -2.06. The van der Waals surface area contributed by atoms with Gasteiger partial charge in [-0.15, -0.1) is 0 Å². The highest BCUT2D eigenvalue weighted by atomic mass is 16.1. The fourth-order valence-electron chi connectivity index (χ4n) is 2.22. The third-order valence-corrected chi connectivity index (χ3v) is 3.52. The zero-order chi connectivity index (χ0) is 13.8. The van der Waals surface area contributed by atoms with E-state index >= 15 is 0 Å². The molecule has 0 aliphatic carbocycles. The first kappa shape index (κ1) is 13.5. The van der Waals surface area contributed by atoms with Gasteiger partial charge in [-0.3, -0.25) is 4.79 Å². The number of carbonyl (C=O) groups is 1. The van der Waals surface area contributed by atoms with Gasteiger partial charge in [-0.1, -0.05) is 55.8 Å². The Kier molecular flexibility index (Phi) is 4.16. The minimum Gasteiger partial charge on any atom is -0.289 e. The third kappa shape index (κ3) is 2.93. The minimum atomic E-state index is 0.132. The molecule has 1 nitrogen and oxygen atoms in total. The van der Waals surface area contributed by atoms with Crippen molar-refractivity contribution < 1.29 is 4.79 Å². The van der Waals surface area contributed by atoms with Crippen molar-refractivity contribution in [1.82, 2.24) is 0 Å². The highest BCUT2D eigenvalue weighted by Crippen LogP contribution is 2.18. The highest BCUT2D eigenvalue weighted by molar-refractivity contribution is 6.10. The Bertz CT molecular complexity index is 579. The number of aryl methyl sites for hydroxylation is 3. The van der Waals surface area contributed by atoms with Gasteiger partial charge in [-0.2, -0.15) is 0 Å². The van der Waals surface area contributed by atoms with Crippen LogP contribution in [0, 0.1) is 6.92 Å². The number of ketones is 1. The number of rotatable bonds is 4. The molecule has 0 unspecified atom stereocenters. The minimum absolute atomic E-state index is 0.132. The second kappa shape index (κ2) is 5.83. The zero-order valence-corrected chi connectivity index (χ0v) is 11.9. The van der Waals surface area contributed by atoms with Gasteiger partial charge >= 0.3 is 0 Å². The molecular formula is C18H20O. The van der Waals surface area contributed by atoms with Crippen molar-refractivity contribution in [2.45, 2.75) is 33.6 Å². The Hall–Kier alpha value is -1.89. The van der Waals surface area contributed by atoms with E-state index in [2.05, 4.69) is 26.0 Å². The van der Waals surface area contributed by atoms with Crippen LogP contribution in [0.3, 0.4) is 0 Å². The largest absolute Gasteiger partial charge is 0.289 e. The molecule has 0 fully saturated rings. The maximum atomic E-state index is 12.6. The summed E-state index contributed by atoms with van der Waals surface area (Å²) in [6.45, 7) is 6.23. The summed E-state index contributed by atoms with van der Waals surface area (Å²) < 4.78 is 0. The van der Waals surface area contributed by atoms with E-state index in [9.17, 15) is 4.79 Å². The van der Waals surface area contributed by atoms with E-state index in [1.807, 2.05) is 37.3 Å². The summed E-state index contributed by atoms with van der Waals surface area (Å²) in [5, 5.41) is 0. The van der Waals surface area contributed by atoms with Gasteiger partial charge in [-0.05, 0) is 37.0 Å². The summed E-state index contributed by atoms with van der Waals surface area (Å²) in [4.78, 5) is 12.6. The number of benzene rings is 2. The summed E-state index contributed by atoms with van der Waals surface area (Å²) in [6, 6.07) is 14.0. The van der Waals surface area contributed by atoms with E-state index in [1.165, 1.54) is 11.1 Å². The highest BCUT2D eigenvalue weighted by Gasteiger charge is 2.13. The quantitative estimate of drug-likeness (QED) is 0.739. The smallest absolute Gasteiger partial charge is 0.193 e. The van der Waals surface area contributed by atoms with Crippen LogP contribution in [0.5, 0.6) is 0 Å². The Labute approximate surface area is 115 Å². The molecule has 0 bridgehead atoms. The maximum absolute atomic E-state index is 12.6. The van der Waals surface area contributed by atoms with Crippen molar-refractivity contribution in [3.63, 3.8) is 0 Å². The van der Waals surface area contributed by atoms with Gasteiger partial charge in [-0.25, -0.2) is 0 Å². The topological polar surface area (TPSA) is 17.1 Å². The van der Waals surface area contributed by atoms with E-state index in [0.717, 1.165) is 29.5 Å². The molecule has 0 saturated heterocycles. The number of hydrogen-bond donors (Lipinski definition) is 0.